The highest BCUT2D eigenvalue weighted by atomic mass is 16.1. The van der Waals surface area contributed by atoms with Gasteiger partial charge >= 0.3 is 0 Å². The van der Waals surface area contributed by atoms with Gasteiger partial charge in [0.05, 0.1) is 0 Å². The van der Waals surface area contributed by atoms with E-state index >= 15 is 0 Å². The van der Waals surface area contributed by atoms with E-state index in [0.717, 1.165) is 24.7 Å². The largest absolute Gasteiger partial charge is 0.364 e. The van der Waals surface area contributed by atoms with Gasteiger partial charge in [-0.3, -0.25) is 4.79 Å². The van der Waals surface area contributed by atoms with Crippen LogP contribution in [-0.4, -0.2) is 15.5 Å². The van der Waals surface area contributed by atoms with Crippen LogP contribution in [0.2, 0.25) is 0 Å². The second-order valence-electron chi connectivity index (χ2n) is 4.25. The van der Waals surface area contributed by atoms with Gasteiger partial charge < -0.3 is 10.3 Å². The van der Waals surface area contributed by atoms with Crippen molar-refractivity contribution in [1.29, 1.82) is 0 Å². The van der Waals surface area contributed by atoms with E-state index in [2.05, 4.69) is 16.5 Å². The minimum Gasteiger partial charge on any atom is -0.364 e. The van der Waals surface area contributed by atoms with Crippen molar-refractivity contribution in [2.24, 2.45) is 11.7 Å². The first kappa shape index (κ1) is 10.2. The molecule has 1 atom stereocenters. The summed E-state index contributed by atoms with van der Waals surface area (Å²) in [5.41, 5.74) is 5.61. The zero-order chi connectivity index (χ0) is 10.8. The summed E-state index contributed by atoms with van der Waals surface area (Å²) in [7, 11) is 0. The molecule has 0 aromatic carbocycles. The summed E-state index contributed by atoms with van der Waals surface area (Å²) >= 11 is 0. The Bertz CT molecular complexity index is 370. The SMILES string of the molecule is CCCC1CCc2nc(C(N)=O)cn2C1. The van der Waals surface area contributed by atoms with E-state index in [4.69, 9.17) is 5.73 Å². The number of primary amides is 1. The molecule has 0 bridgehead atoms. The third kappa shape index (κ3) is 2.03. The van der Waals surface area contributed by atoms with Gasteiger partial charge in [0.25, 0.3) is 5.91 Å². The van der Waals surface area contributed by atoms with Crippen LogP contribution >= 0.6 is 0 Å². The molecule has 2 heterocycles. The maximum atomic E-state index is 11.0. The molecular weight excluding hydrogens is 190 g/mol. The van der Waals surface area contributed by atoms with Crippen LogP contribution in [0, 0.1) is 5.92 Å². The second-order valence-corrected chi connectivity index (χ2v) is 4.25. The third-order valence-corrected chi connectivity index (χ3v) is 3.04. The summed E-state index contributed by atoms with van der Waals surface area (Å²) in [4.78, 5) is 15.2. The number of carbonyl (C=O) groups is 1. The maximum Gasteiger partial charge on any atom is 0.268 e. The van der Waals surface area contributed by atoms with Gasteiger partial charge in [0.2, 0.25) is 0 Å². The third-order valence-electron chi connectivity index (χ3n) is 3.04. The summed E-state index contributed by atoms with van der Waals surface area (Å²) in [5, 5.41) is 0. The van der Waals surface area contributed by atoms with Gasteiger partial charge in [-0.25, -0.2) is 4.98 Å². The Labute approximate surface area is 89.5 Å². The lowest BCUT2D eigenvalue weighted by Crippen LogP contribution is -2.19. The van der Waals surface area contributed by atoms with E-state index in [9.17, 15) is 4.79 Å². The first-order valence-corrected chi connectivity index (χ1v) is 5.56. The highest BCUT2D eigenvalue weighted by Gasteiger charge is 2.20. The molecule has 82 valence electrons. The molecule has 0 saturated carbocycles. The first-order chi connectivity index (χ1) is 7.20. The van der Waals surface area contributed by atoms with Crippen LogP contribution in [0.25, 0.3) is 0 Å². The minimum atomic E-state index is -0.427. The van der Waals surface area contributed by atoms with Gasteiger partial charge in [0.1, 0.15) is 11.5 Å². The number of carbonyl (C=O) groups excluding carboxylic acids is 1. The predicted molar refractivity (Wildman–Crippen MR) is 57.5 cm³/mol. The number of imidazole rings is 1. The van der Waals surface area contributed by atoms with Crippen molar-refractivity contribution in [2.75, 3.05) is 0 Å². The van der Waals surface area contributed by atoms with Crippen molar-refractivity contribution < 1.29 is 4.79 Å². The monoisotopic (exact) mass is 207 g/mol. The van der Waals surface area contributed by atoms with Crippen molar-refractivity contribution in [3.8, 4) is 0 Å². The van der Waals surface area contributed by atoms with Crippen LogP contribution < -0.4 is 5.73 Å². The van der Waals surface area contributed by atoms with Crippen LogP contribution in [0.1, 0.15) is 42.5 Å². The standard InChI is InChI=1S/C11H17N3O/c1-2-3-8-4-5-10-13-9(11(12)15)7-14(10)6-8/h7-8H,2-6H2,1H3,(H2,12,15). The molecule has 0 saturated heterocycles. The quantitative estimate of drug-likeness (QED) is 0.813. The molecule has 2 N–H and O–H groups in total. The Morgan fingerprint density at radius 3 is 3.20 bits per heavy atom. The summed E-state index contributed by atoms with van der Waals surface area (Å²) in [5.74, 6) is 1.32. The van der Waals surface area contributed by atoms with E-state index < -0.39 is 5.91 Å². The van der Waals surface area contributed by atoms with E-state index in [1.165, 1.54) is 19.3 Å². The molecular formula is C11H17N3O. The average molecular weight is 207 g/mol. The summed E-state index contributed by atoms with van der Waals surface area (Å²) < 4.78 is 2.09. The van der Waals surface area contributed by atoms with Crippen LogP contribution in [0.15, 0.2) is 6.20 Å². The van der Waals surface area contributed by atoms with E-state index in [-0.39, 0.29) is 0 Å². The Kier molecular flexibility index (Phi) is 2.75. The predicted octanol–water partition coefficient (Wildman–Crippen LogP) is 1.34. The molecule has 1 aromatic heterocycles. The summed E-state index contributed by atoms with van der Waals surface area (Å²) in [6.07, 6.45) is 6.42. The van der Waals surface area contributed by atoms with Crippen molar-refractivity contribution in [1.82, 2.24) is 9.55 Å². The normalized spacial score (nSPS) is 19.9. The molecule has 1 unspecified atom stereocenters. The lowest BCUT2D eigenvalue weighted by Gasteiger charge is -2.22. The number of hydrogen-bond acceptors (Lipinski definition) is 2. The molecule has 0 spiro atoms. The van der Waals surface area contributed by atoms with Crippen molar-refractivity contribution in [3.05, 3.63) is 17.7 Å². The Balaban J connectivity index is 2.15. The fourth-order valence-corrected chi connectivity index (χ4v) is 2.28. The zero-order valence-corrected chi connectivity index (χ0v) is 9.07. The van der Waals surface area contributed by atoms with Crippen LogP contribution in [0.3, 0.4) is 0 Å². The zero-order valence-electron chi connectivity index (χ0n) is 9.07. The molecule has 15 heavy (non-hydrogen) atoms. The highest BCUT2D eigenvalue weighted by molar-refractivity contribution is 5.90. The summed E-state index contributed by atoms with van der Waals surface area (Å²) in [6.45, 7) is 3.20. The lowest BCUT2D eigenvalue weighted by molar-refractivity contribution is 0.0996. The number of fused-ring (bicyclic) bond motifs is 1. The Morgan fingerprint density at radius 1 is 1.73 bits per heavy atom. The average Bonchev–Trinajstić information content (AvgIpc) is 2.61. The Hall–Kier alpha value is -1.32. The van der Waals surface area contributed by atoms with E-state index in [1.807, 2.05) is 0 Å². The van der Waals surface area contributed by atoms with Gasteiger partial charge in [-0.1, -0.05) is 13.3 Å². The number of aromatic nitrogens is 2. The molecule has 1 aromatic rings. The van der Waals surface area contributed by atoms with Crippen LogP contribution in [-0.2, 0) is 13.0 Å². The number of nitrogens with zero attached hydrogens (tertiary/aromatic N) is 2. The van der Waals surface area contributed by atoms with Crippen LogP contribution in [0.4, 0.5) is 0 Å². The molecule has 0 radical (unpaired) electrons. The van der Waals surface area contributed by atoms with Crippen molar-refractivity contribution >= 4 is 5.91 Å². The molecule has 1 amide bonds. The van der Waals surface area contributed by atoms with Gasteiger partial charge in [0, 0.05) is 19.2 Å². The molecule has 2 rings (SSSR count). The molecule has 1 aliphatic rings. The lowest BCUT2D eigenvalue weighted by atomic mass is 9.95. The Morgan fingerprint density at radius 2 is 2.53 bits per heavy atom. The number of rotatable bonds is 3. The number of nitrogens with two attached hydrogens (primary N) is 1. The van der Waals surface area contributed by atoms with Gasteiger partial charge in [0.15, 0.2) is 0 Å². The molecule has 0 aliphatic carbocycles. The van der Waals surface area contributed by atoms with Crippen molar-refractivity contribution in [3.63, 3.8) is 0 Å². The first-order valence-electron chi connectivity index (χ1n) is 5.56. The van der Waals surface area contributed by atoms with Gasteiger partial charge in [-0.15, -0.1) is 0 Å². The molecule has 4 nitrogen and oxygen atoms in total. The number of hydrogen-bond donors (Lipinski definition) is 1. The van der Waals surface area contributed by atoms with E-state index in [1.54, 1.807) is 6.20 Å². The molecule has 0 fully saturated rings. The van der Waals surface area contributed by atoms with Crippen LogP contribution in [0.5, 0.6) is 0 Å². The maximum absolute atomic E-state index is 11.0. The molecule has 1 aliphatic heterocycles. The van der Waals surface area contributed by atoms with Gasteiger partial charge in [-0.2, -0.15) is 0 Å². The van der Waals surface area contributed by atoms with E-state index in [0.29, 0.717) is 5.69 Å². The summed E-state index contributed by atoms with van der Waals surface area (Å²) in [6, 6.07) is 0. The fourth-order valence-electron chi connectivity index (χ4n) is 2.28. The smallest absolute Gasteiger partial charge is 0.268 e. The van der Waals surface area contributed by atoms with Crippen molar-refractivity contribution in [2.45, 2.75) is 39.2 Å². The highest BCUT2D eigenvalue weighted by Crippen LogP contribution is 2.23. The number of aryl methyl sites for hydroxylation is 1. The minimum absolute atomic E-state index is 0.405. The second kappa shape index (κ2) is 4.04. The molecule has 4 heteroatoms. The topological polar surface area (TPSA) is 60.9 Å². The van der Waals surface area contributed by atoms with Gasteiger partial charge in [-0.05, 0) is 18.8 Å². The fraction of sp³-hybridized carbons (Fsp3) is 0.636. The number of amides is 1.